The Bertz CT molecular complexity index is 1040. The van der Waals surface area contributed by atoms with E-state index in [1.165, 1.54) is 27.8 Å². The number of hydrogen-bond donors (Lipinski definition) is 0. The topological polar surface area (TPSA) is 12.9 Å². The maximum absolute atomic E-state index is 4.71. The minimum Gasteiger partial charge on any atom is -0.256 e. The number of nitrogens with zero attached hydrogens (tertiary/aromatic N) is 1. The Balaban J connectivity index is 1.73. The molecule has 4 rings (SSSR count). The van der Waals surface area contributed by atoms with Gasteiger partial charge in [0.05, 0.1) is 5.69 Å². The molecule has 4 aromatic rings. The van der Waals surface area contributed by atoms with Crippen molar-refractivity contribution in [3.05, 3.63) is 114 Å². The molecule has 0 bridgehead atoms. The molecule has 27 heavy (non-hydrogen) atoms. The molecule has 0 aliphatic heterocycles. The van der Waals surface area contributed by atoms with E-state index in [1.807, 2.05) is 6.20 Å². The number of rotatable bonds is 4. The molecule has 0 N–H and O–H groups in total. The van der Waals surface area contributed by atoms with Gasteiger partial charge in [0, 0.05) is 17.7 Å². The predicted octanol–water partition coefficient (Wildman–Crippen LogP) is 6.88. The maximum atomic E-state index is 4.71. The summed E-state index contributed by atoms with van der Waals surface area (Å²) in [6, 6.07) is 32.1. The van der Waals surface area contributed by atoms with Gasteiger partial charge < -0.3 is 0 Å². The molecular formula is C26H23N. The number of aromatic nitrogens is 1. The van der Waals surface area contributed by atoms with Crippen molar-refractivity contribution in [2.75, 3.05) is 0 Å². The minimum absolute atomic E-state index is 0.352. The Hall–Kier alpha value is -3.19. The average molecular weight is 349 g/mol. The molecule has 1 aromatic heterocycles. The van der Waals surface area contributed by atoms with Gasteiger partial charge in [0.2, 0.25) is 0 Å². The van der Waals surface area contributed by atoms with Crippen LogP contribution in [0.3, 0.4) is 0 Å². The van der Waals surface area contributed by atoms with Crippen LogP contribution >= 0.6 is 0 Å². The van der Waals surface area contributed by atoms with Crippen molar-refractivity contribution in [3.63, 3.8) is 0 Å². The van der Waals surface area contributed by atoms with Crippen molar-refractivity contribution >= 4 is 0 Å². The van der Waals surface area contributed by atoms with Crippen LogP contribution in [0, 0.1) is 6.92 Å². The van der Waals surface area contributed by atoms with E-state index in [0.29, 0.717) is 5.92 Å². The molecule has 132 valence electrons. The van der Waals surface area contributed by atoms with Crippen LogP contribution in [0.2, 0.25) is 0 Å². The van der Waals surface area contributed by atoms with Crippen molar-refractivity contribution in [1.82, 2.24) is 4.98 Å². The lowest BCUT2D eigenvalue weighted by atomic mass is 9.91. The molecule has 0 fully saturated rings. The molecule has 0 spiro atoms. The Morgan fingerprint density at radius 2 is 1.30 bits per heavy atom. The quantitative estimate of drug-likeness (QED) is 0.391. The predicted molar refractivity (Wildman–Crippen MR) is 114 cm³/mol. The third-order valence-corrected chi connectivity index (χ3v) is 5.17. The first-order valence-electron chi connectivity index (χ1n) is 9.40. The lowest BCUT2D eigenvalue weighted by molar-refractivity contribution is 0.923. The van der Waals surface area contributed by atoms with Gasteiger partial charge in [-0.05, 0) is 46.9 Å². The van der Waals surface area contributed by atoms with Crippen molar-refractivity contribution in [2.24, 2.45) is 0 Å². The number of pyridine rings is 1. The van der Waals surface area contributed by atoms with E-state index in [2.05, 4.69) is 105 Å². The Morgan fingerprint density at radius 3 is 2.04 bits per heavy atom. The first-order valence-corrected chi connectivity index (χ1v) is 9.40. The van der Waals surface area contributed by atoms with Crippen molar-refractivity contribution in [1.29, 1.82) is 0 Å². The second kappa shape index (κ2) is 7.59. The Labute approximate surface area is 161 Å². The molecule has 0 amide bonds. The van der Waals surface area contributed by atoms with E-state index >= 15 is 0 Å². The largest absolute Gasteiger partial charge is 0.256 e. The number of aryl methyl sites for hydroxylation is 1. The monoisotopic (exact) mass is 349 g/mol. The maximum Gasteiger partial charge on any atom is 0.0708 e. The number of hydrogen-bond acceptors (Lipinski definition) is 1. The molecule has 0 saturated heterocycles. The summed E-state index contributed by atoms with van der Waals surface area (Å²) in [6.45, 7) is 4.37. The minimum atomic E-state index is 0.352. The van der Waals surface area contributed by atoms with E-state index in [9.17, 15) is 0 Å². The lowest BCUT2D eigenvalue weighted by Crippen LogP contribution is -1.96. The molecule has 1 heterocycles. The molecule has 0 saturated carbocycles. The molecular weight excluding hydrogens is 326 g/mol. The Kier molecular flexibility index (Phi) is 4.84. The second-order valence-electron chi connectivity index (χ2n) is 7.01. The standard InChI is InChI=1S/C26H23N/c1-19-18-27-26(17-25(19)22-12-7-4-8-13-22)24-15-9-14-23(16-24)20(2)21-10-5-3-6-11-21/h3-18,20H,1-2H3. The zero-order valence-electron chi connectivity index (χ0n) is 15.8. The fraction of sp³-hybridized carbons (Fsp3) is 0.115. The van der Waals surface area contributed by atoms with E-state index in [-0.39, 0.29) is 0 Å². The van der Waals surface area contributed by atoms with E-state index in [1.54, 1.807) is 0 Å². The first kappa shape index (κ1) is 17.2. The van der Waals surface area contributed by atoms with E-state index in [4.69, 9.17) is 4.98 Å². The van der Waals surface area contributed by atoms with Gasteiger partial charge in [0.15, 0.2) is 0 Å². The molecule has 0 radical (unpaired) electrons. The van der Waals surface area contributed by atoms with Gasteiger partial charge in [-0.3, -0.25) is 4.98 Å². The van der Waals surface area contributed by atoms with Gasteiger partial charge in [0.1, 0.15) is 0 Å². The molecule has 3 aromatic carbocycles. The highest BCUT2D eigenvalue weighted by Crippen LogP contribution is 2.30. The lowest BCUT2D eigenvalue weighted by Gasteiger charge is -2.14. The summed E-state index contributed by atoms with van der Waals surface area (Å²) >= 11 is 0. The summed E-state index contributed by atoms with van der Waals surface area (Å²) in [5, 5.41) is 0. The van der Waals surface area contributed by atoms with Gasteiger partial charge in [-0.25, -0.2) is 0 Å². The number of benzene rings is 3. The van der Waals surface area contributed by atoms with Crippen LogP contribution in [0.5, 0.6) is 0 Å². The van der Waals surface area contributed by atoms with E-state index in [0.717, 1.165) is 11.3 Å². The SMILES string of the molecule is Cc1cnc(-c2cccc(C(C)c3ccccc3)c2)cc1-c1ccccc1. The zero-order valence-corrected chi connectivity index (χ0v) is 15.8. The van der Waals surface area contributed by atoms with E-state index < -0.39 is 0 Å². The first-order chi connectivity index (χ1) is 13.2. The van der Waals surface area contributed by atoms with Gasteiger partial charge >= 0.3 is 0 Å². The smallest absolute Gasteiger partial charge is 0.0708 e. The van der Waals surface area contributed by atoms with Crippen LogP contribution < -0.4 is 0 Å². The summed E-state index contributed by atoms with van der Waals surface area (Å²) < 4.78 is 0. The molecule has 1 unspecified atom stereocenters. The van der Waals surface area contributed by atoms with Crippen molar-refractivity contribution < 1.29 is 0 Å². The average Bonchev–Trinajstić information content (AvgIpc) is 2.75. The van der Waals surface area contributed by atoms with Crippen LogP contribution in [-0.4, -0.2) is 4.98 Å². The molecule has 0 aliphatic carbocycles. The van der Waals surface area contributed by atoms with Gasteiger partial charge in [-0.1, -0.05) is 85.8 Å². The highest BCUT2D eigenvalue weighted by molar-refractivity contribution is 5.73. The van der Waals surface area contributed by atoms with Gasteiger partial charge in [-0.15, -0.1) is 0 Å². The summed E-state index contributed by atoms with van der Waals surface area (Å²) in [7, 11) is 0. The molecule has 1 nitrogen and oxygen atoms in total. The van der Waals surface area contributed by atoms with Crippen LogP contribution in [0.4, 0.5) is 0 Å². The molecule has 0 aliphatic rings. The normalized spacial score (nSPS) is 11.9. The summed E-state index contributed by atoms with van der Waals surface area (Å²) in [5.74, 6) is 0.352. The summed E-state index contributed by atoms with van der Waals surface area (Å²) in [6.07, 6.45) is 1.98. The highest BCUT2D eigenvalue weighted by Gasteiger charge is 2.11. The Morgan fingerprint density at radius 1 is 0.667 bits per heavy atom. The fourth-order valence-electron chi connectivity index (χ4n) is 3.51. The van der Waals surface area contributed by atoms with Crippen LogP contribution in [0.15, 0.2) is 97.2 Å². The van der Waals surface area contributed by atoms with Crippen LogP contribution in [0.1, 0.15) is 29.5 Å². The highest BCUT2D eigenvalue weighted by atomic mass is 14.7. The zero-order chi connectivity index (χ0) is 18.6. The third kappa shape index (κ3) is 3.68. The third-order valence-electron chi connectivity index (χ3n) is 5.17. The second-order valence-corrected chi connectivity index (χ2v) is 7.01. The van der Waals surface area contributed by atoms with Crippen molar-refractivity contribution in [2.45, 2.75) is 19.8 Å². The van der Waals surface area contributed by atoms with Gasteiger partial charge in [-0.2, -0.15) is 0 Å². The molecule has 1 heteroatoms. The fourth-order valence-corrected chi connectivity index (χ4v) is 3.51. The summed E-state index contributed by atoms with van der Waals surface area (Å²) in [4.78, 5) is 4.71. The molecule has 1 atom stereocenters. The van der Waals surface area contributed by atoms with Gasteiger partial charge in [0.25, 0.3) is 0 Å². The summed E-state index contributed by atoms with van der Waals surface area (Å²) in [5.41, 5.74) is 8.47. The van der Waals surface area contributed by atoms with Crippen molar-refractivity contribution in [3.8, 4) is 22.4 Å². The van der Waals surface area contributed by atoms with Crippen LogP contribution in [0.25, 0.3) is 22.4 Å². The van der Waals surface area contributed by atoms with Crippen LogP contribution in [-0.2, 0) is 0 Å².